The second-order valence-electron chi connectivity index (χ2n) is 9.13. The van der Waals surface area contributed by atoms with E-state index in [4.69, 9.17) is 0 Å². The second kappa shape index (κ2) is 13.1. The zero-order chi connectivity index (χ0) is 24.2. The molecular formula is C27H37Cl2N5O2. The van der Waals surface area contributed by atoms with E-state index in [2.05, 4.69) is 52.1 Å². The number of carbonyl (C=O) groups is 1. The van der Waals surface area contributed by atoms with Gasteiger partial charge in [-0.15, -0.1) is 24.8 Å². The fraction of sp³-hybridized carbons (Fsp3) is 0.407. The molecule has 196 valence electrons. The Morgan fingerprint density at radius 2 is 1.64 bits per heavy atom. The highest BCUT2D eigenvalue weighted by molar-refractivity contribution is 5.93. The van der Waals surface area contributed by atoms with Gasteiger partial charge in [-0.25, -0.2) is 4.98 Å². The van der Waals surface area contributed by atoms with Crippen molar-refractivity contribution in [3.8, 4) is 5.69 Å². The summed E-state index contributed by atoms with van der Waals surface area (Å²) in [6.07, 6.45) is -0.631. The first kappa shape index (κ1) is 29.6. The molecule has 0 spiro atoms. The molecule has 0 saturated carbocycles. The zero-order valence-electron chi connectivity index (χ0n) is 21.4. The lowest BCUT2D eigenvalue weighted by molar-refractivity contribution is 0.0847. The summed E-state index contributed by atoms with van der Waals surface area (Å²) in [6, 6.07) is 16.3. The number of rotatable bonds is 7. The second-order valence-corrected chi connectivity index (χ2v) is 9.13. The SMILES string of the molecule is Cc1cccc(N2CCN(CC(O)CNC(=O)c3nc(C)n(-c4ccccc4)c3C)CC2)c1C.Cl.Cl. The average molecular weight is 535 g/mol. The van der Waals surface area contributed by atoms with Gasteiger partial charge in [0.05, 0.1) is 11.8 Å². The largest absolute Gasteiger partial charge is 0.390 e. The minimum Gasteiger partial charge on any atom is -0.390 e. The Kier molecular flexibility index (Phi) is 10.8. The van der Waals surface area contributed by atoms with Gasteiger partial charge in [0, 0.05) is 50.6 Å². The maximum Gasteiger partial charge on any atom is 0.271 e. The predicted octanol–water partition coefficient (Wildman–Crippen LogP) is 3.86. The molecule has 1 aliphatic heterocycles. The molecule has 0 aliphatic carbocycles. The van der Waals surface area contributed by atoms with Gasteiger partial charge in [0.15, 0.2) is 0 Å². The number of benzene rings is 2. The van der Waals surface area contributed by atoms with Crippen LogP contribution in [0.1, 0.15) is 33.1 Å². The van der Waals surface area contributed by atoms with Gasteiger partial charge in [-0.1, -0.05) is 30.3 Å². The Hall–Kier alpha value is -2.58. The van der Waals surface area contributed by atoms with Crippen LogP contribution in [0.2, 0.25) is 0 Å². The third kappa shape index (κ3) is 6.59. The van der Waals surface area contributed by atoms with Crippen LogP contribution in [0.4, 0.5) is 5.69 Å². The number of aliphatic hydroxyl groups excluding tert-OH is 1. The number of hydrogen-bond acceptors (Lipinski definition) is 5. The molecule has 0 bridgehead atoms. The van der Waals surface area contributed by atoms with Gasteiger partial charge in [0.25, 0.3) is 5.91 Å². The van der Waals surface area contributed by atoms with Gasteiger partial charge in [-0.05, 0) is 57.0 Å². The Morgan fingerprint density at radius 3 is 2.31 bits per heavy atom. The van der Waals surface area contributed by atoms with Gasteiger partial charge in [-0.3, -0.25) is 9.69 Å². The molecule has 4 rings (SSSR count). The molecule has 2 N–H and O–H groups in total. The summed E-state index contributed by atoms with van der Waals surface area (Å²) >= 11 is 0. The number of nitrogens with one attached hydrogen (secondary N) is 1. The Bertz CT molecular complexity index is 1140. The van der Waals surface area contributed by atoms with E-state index in [-0.39, 0.29) is 37.3 Å². The number of piperazine rings is 1. The summed E-state index contributed by atoms with van der Waals surface area (Å²) in [6.45, 7) is 12.5. The summed E-state index contributed by atoms with van der Waals surface area (Å²) in [4.78, 5) is 22.0. The number of hydrogen-bond donors (Lipinski definition) is 2. The fourth-order valence-electron chi connectivity index (χ4n) is 4.72. The van der Waals surface area contributed by atoms with E-state index >= 15 is 0 Å². The number of β-amino-alcohol motifs (C(OH)–C–C–N with tert-alkyl or cyclic N) is 1. The molecule has 1 amide bonds. The molecule has 1 aliphatic rings. The number of aromatic nitrogens is 2. The van der Waals surface area contributed by atoms with E-state index in [1.165, 1.54) is 16.8 Å². The quantitative estimate of drug-likeness (QED) is 0.482. The van der Waals surface area contributed by atoms with Gasteiger partial charge in [-0.2, -0.15) is 0 Å². The number of imidazole rings is 1. The lowest BCUT2D eigenvalue weighted by Gasteiger charge is -2.37. The third-order valence-corrected chi connectivity index (χ3v) is 6.76. The maximum absolute atomic E-state index is 12.8. The summed E-state index contributed by atoms with van der Waals surface area (Å²) in [5, 5.41) is 13.4. The maximum atomic E-state index is 12.8. The van der Waals surface area contributed by atoms with E-state index < -0.39 is 6.10 Å². The van der Waals surface area contributed by atoms with Crippen LogP contribution in [0.25, 0.3) is 5.69 Å². The molecule has 9 heteroatoms. The topological polar surface area (TPSA) is 73.6 Å². The number of para-hydroxylation sites is 1. The number of anilines is 1. The van der Waals surface area contributed by atoms with Crippen molar-refractivity contribution in [1.29, 1.82) is 0 Å². The standard InChI is InChI=1S/C27H35N5O2.2ClH/c1-19-9-8-12-25(20(19)2)31-15-13-30(14-16-31)18-24(33)17-28-27(34)26-21(3)32(22(4)29-26)23-10-6-5-7-11-23;;/h5-12,24,33H,13-18H2,1-4H3,(H,28,34);2*1H. The van der Waals surface area contributed by atoms with E-state index in [9.17, 15) is 9.90 Å². The summed E-state index contributed by atoms with van der Waals surface area (Å²) in [5.74, 6) is 0.505. The van der Waals surface area contributed by atoms with Crippen LogP contribution in [-0.4, -0.2) is 70.8 Å². The molecule has 0 radical (unpaired) electrons. The first-order valence-electron chi connectivity index (χ1n) is 12.0. The van der Waals surface area contributed by atoms with Gasteiger partial charge in [0.2, 0.25) is 0 Å². The lowest BCUT2D eigenvalue weighted by atomic mass is 10.1. The normalized spacial score (nSPS) is 14.5. The van der Waals surface area contributed by atoms with Gasteiger partial charge < -0.3 is 19.9 Å². The van der Waals surface area contributed by atoms with Crippen LogP contribution in [0.3, 0.4) is 0 Å². The predicted molar refractivity (Wildman–Crippen MR) is 150 cm³/mol. The Labute approximate surface area is 226 Å². The van der Waals surface area contributed by atoms with Crippen LogP contribution < -0.4 is 10.2 Å². The van der Waals surface area contributed by atoms with Crippen molar-refractivity contribution >= 4 is 36.4 Å². The summed E-state index contributed by atoms with van der Waals surface area (Å²) < 4.78 is 1.97. The van der Waals surface area contributed by atoms with E-state index in [1.807, 2.05) is 48.7 Å². The molecule has 1 saturated heterocycles. The van der Waals surface area contributed by atoms with Gasteiger partial charge in [0.1, 0.15) is 11.5 Å². The molecule has 1 unspecified atom stereocenters. The molecule has 1 fully saturated rings. The number of halogens is 2. The first-order valence-corrected chi connectivity index (χ1v) is 12.0. The number of aliphatic hydroxyl groups is 1. The summed E-state index contributed by atoms with van der Waals surface area (Å²) in [7, 11) is 0. The molecule has 3 aromatic rings. The van der Waals surface area contributed by atoms with Crippen LogP contribution in [0.15, 0.2) is 48.5 Å². The van der Waals surface area contributed by atoms with Gasteiger partial charge >= 0.3 is 0 Å². The number of nitrogens with zero attached hydrogens (tertiary/aromatic N) is 4. The van der Waals surface area contributed by atoms with Crippen molar-refractivity contribution in [3.63, 3.8) is 0 Å². The van der Waals surface area contributed by atoms with E-state index in [1.54, 1.807) is 0 Å². The van der Waals surface area contributed by atoms with Crippen molar-refractivity contribution in [1.82, 2.24) is 19.8 Å². The van der Waals surface area contributed by atoms with Crippen LogP contribution in [-0.2, 0) is 0 Å². The average Bonchev–Trinajstić information content (AvgIpc) is 3.14. The lowest BCUT2D eigenvalue weighted by Crippen LogP contribution is -2.50. The molecule has 1 aromatic heterocycles. The smallest absolute Gasteiger partial charge is 0.271 e. The zero-order valence-corrected chi connectivity index (χ0v) is 23.0. The van der Waals surface area contributed by atoms with Crippen LogP contribution in [0.5, 0.6) is 0 Å². The minimum absolute atomic E-state index is 0. The molecule has 36 heavy (non-hydrogen) atoms. The van der Waals surface area contributed by atoms with E-state index in [0.717, 1.165) is 43.4 Å². The van der Waals surface area contributed by atoms with Crippen molar-refractivity contribution < 1.29 is 9.90 Å². The fourth-order valence-corrected chi connectivity index (χ4v) is 4.72. The third-order valence-electron chi connectivity index (χ3n) is 6.76. The van der Waals surface area contributed by atoms with Crippen molar-refractivity contribution in [2.45, 2.75) is 33.8 Å². The van der Waals surface area contributed by atoms with Crippen LogP contribution in [0, 0.1) is 27.7 Å². The molecule has 7 nitrogen and oxygen atoms in total. The number of amides is 1. The number of aryl methyl sites for hydroxylation is 2. The van der Waals surface area contributed by atoms with E-state index in [0.29, 0.717) is 12.2 Å². The minimum atomic E-state index is -0.631. The van der Waals surface area contributed by atoms with Crippen molar-refractivity contribution in [2.75, 3.05) is 44.2 Å². The first-order chi connectivity index (χ1) is 16.3. The molecule has 2 aromatic carbocycles. The Morgan fingerprint density at radius 1 is 0.972 bits per heavy atom. The molecule has 2 heterocycles. The number of carbonyl (C=O) groups excluding carboxylic acids is 1. The summed E-state index contributed by atoms with van der Waals surface area (Å²) in [5.41, 5.74) is 6.11. The highest BCUT2D eigenvalue weighted by Gasteiger charge is 2.22. The Balaban J connectivity index is 0.00000228. The monoisotopic (exact) mass is 533 g/mol. The highest BCUT2D eigenvalue weighted by Crippen LogP contribution is 2.24. The van der Waals surface area contributed by atoms with Crippen molar-refractivity contribution in [2.24, 2.45) is 0 Å². The highest BCUT2D eigenvalue weighted by atomic mass is 35.5. The van der Waals surface area contributed by atoms with Crippen LogP contribution >= 0.6 is 24.8 Å². The molecule has 1 atom stereocenters. The van der Waals surface area contributed by atoms with Crippen molar-refractivity contribution in [3.05, 3.63) is 76.9 Å². The molecular weight excluding hydrogens is 497 g/mol.